The summed E-state index contributed by atoms with van der Waals surface area (Å²) in [5.41, 5.74) is 0.199. The van der Waals surface area contributed by atoms with Crippen molar-refractivity contribution in [2.75, 3.05) is 39.3 Å². The number of fused-ring (bicyclic) bond motifs is 1. The van der Waals surface area contributed by atoms with Crippen molar-refractivity contribution in [2.45, 2.75) is 43.9 Å². The summed E-state index contributed by atoms with van der Waals surface area (Å²) in [6, 6.07) is 27.8. The maximum absolute atomic E-state index is 13.4. The molecule has 0 unspecified atom stereocenters. The molecule has 0 aliphatic carbocycles. The number of ether oxygens (including phenoxy) is 1. The maximum atomic E-state index is 13.4. The second kappa shape index (κ2) is 16.6. The van der Waals surface area contributed by atoms with Crippen molar-refractivity contribution < 1.29 is 39.5 Å². The van der Waals surface area contributed by atoms with E-state index in [2.05, 4.69) is 10.3 Å². The Bertz CT molecular complexity index is 2300. The van der Waals surface area contributed by atoms with Gasteiger partial charge in [0.05, 0.1) is 11.6 Å². The lowest BCUT2D eigenvalue weighted by molar-refractivity contribution is -0.155. The monoisotopic (exact) mass is 774 g/mol. The van der Waals surface area contributed by atoms with Gasteiger partial charge in [-0.15, -0.1) is 0 Å². The number of phenolic OH excluding ortho intramolecular Hbond substituents is 1. The normalized spacial score (nSPS) is 16.9. The van der Waals surface area contributed by atoms with Gasteiger partial charge < -0.3 is 45.3 Å². The van der Waals surface area contributed by atoms with E-state index in [9.17, 15) is 39.6 Å². The first-order valence-electron chi connectivity index (χ1n) is 19.1. The van der Waals surface area contributed by atoms with Gasteiger partial charge in [-0.25, -0.2) is 4.79 Å². The number of aromatic amines is 1. The highest BCUT2D eigenvalue weighted by Crippen LogP contribution is 2.41. The molecule has 7 rings (SSSR count). The van der Waals surface area contributed by atoms with E-state index in [1.807, 2.05) is 29.2 Å². The van der Waals surface area contributed by atoms with Crippen molar-refractivity contribution >= 4 is 28.7 Å². The molecule has 2 amide bonds. The molecule has 2 atom stereocenters. The van der Waals surface area contributed by atoms with Crippen LogP contribution in [0.15, 0.2) is 108 Å². The molecule has 0 saturated carbocycles. The molecule has 3 heterocycles. The van der Waals surface area contributed by atoms with Crippen LogP contribution in [0.2, 0.25) is 0 Å². The van der Waals surface area contributed by atoms with Crippen molar-refractivity contribution in [3.05, 3.63) is 141 Å². The van der Waals surface area contributed by atoms with Gasteiger partial charge in [0.2, 0.25) is 11.2 Å². The number of nitrogens with zero attached hydrogens (tertiary/aromatic N) is 2. The number of rotatable bonds is 12. The Morgan fingerprint density at radius 2 is 1.49 bits per heavy atom. The molecule has 0 bridgehead atoms. The van der Waals surface area contributed by atoms with Crippen LogP contribution in [0.25, 0.3) is 10.9 Å². The number of carboxylic acids is 1. The van der Waals surface area contributed by atoms with Crippen molar-refractivity contribution in [3.8, 4) is 11.5 Å². The van der Waals surface area contributed by atoms with Gasteiger partial charge in [0.1, 0.15) is 11.5 Å². The molecule has 1 spiro atoms. The number of piperidine rings is 2. The van der Waals surface area contributed by atoms with Crippen LogP contribution in [0.3, 0.4) is 0 Å². The van der Waals surface area contributed by atoms with Gasteiger partial charge in [-0.3, -0.25) is 14.4 Å². The average molecular weight is 775 g/mol. The average Bonchev–Trinajstić information content (AvgIpc) is 3.23. The quantitative estimate of drug-likeness (QED) is 0.107. The number of likely N-dealkylation sites (tertiary alicyclic amines) is 2. The Morgan fingerprint density at radius 1 is 0.825 bits per heavy atom. The van der Waals surface area contributed by atoms with Crippen LogP contribution in [0.4, 0.5) is 0 Å². The van der Waals surface area contributed by atoms with Crippen LogP contribution in [0, 0.1) is 5.41 Å². The zero-order valence-electron chi connectivity index (χ0n) is 31.4. The van der Waals surface area contributed by atoms with E-state index in [1.54, 1.807) is 59.5 Å². The Kier molecular flexibility index (Phi) is 11.4. The van der Waals surface area contributed by atoms with Crippen molar-refractivity contribution in [1.29, 1.82) is 0 Å². The molecule has 2 fully saturated rings. The van der Waals surface area contributed by atoms with Crippen LogP contribution < -0.4 is 15.6 Å². The molecule has 5 aromatic rings. The SMILES string of the molecule is O=C(COc1cccc([C@](O)(C(=O)O)c2ccccc2)c1)N1CCC2(CC1)CCN(C(=O)c1ccc(CNC[C@H](O)c3ccc(O)c4[nH]c(=O)ccc34)cc1)CC2. The summed E-state index contributed by atoms with van der Waals surface area (Å²) in [6.45, 7) is 2.94. The highest BCUT2D eigenvalue weighted by atomic mass is 16.5. The number of aliphatic hydroxyl groups is 2. The molecule has 296 valence electrons. The number of carboxylic acid groups (broad SMARTS) is 1. The Morgan fingerprint density at radius 3 is 2.18 bits per heavy atom. The molecule has 2 saturated heterocycles. The third-order valence-electron chi connectivity index (χ3n) is 11.5. The first-order chi connectivity index (χ1) is 27.5. The summed E-state index contributed by atoms with van der Waals surface area (Å²) >= 11 is 0. The van der Waals surface area contributed by atoms with E-state index in [1.165, 1.54) is 24.3 Å². The molecular formula is C44H46N4O9. The van der Waals surface area contributed by atoms with Crippen LogP contribution >= 0.6 is 0 Å². The first-order valence-corrected chi connectivity index (χ1v) is 19.1. The lowest BCUT2D eigenvalue weighted by Gasteiger charge is -2.46. The van der Waals surface area contributed by atoms with Gasteiger partial charge in [-0.05, 0) is 84.2 Å². The molecule has 13 heteroatoms. The molecule has 4 aromatic carbocycles. The Hall–Kier alpha value is -6.02. The van der Waals surface area contributed by atoms with Gasteiger partial charge in [0, 0.05) is 61.8 Å². The van der Waals surface area contributed by atoms with Crippen molar-refractivity contribution in [3.63, 3.8) is 0 Å². The molecule has 0 radical (unpaired) electrons. The number of carbonyl (C=O) groups excluding carboxylic acids is 2. The number of aliphatic hydroxyl groups excluding tert-OH is 1. The minimum absolute atomic E-state index is 0.0172. The molecule has 2 aliphatic heterocycles. The largest absolute Gasteiger partial charge is 0.506 e. The predicted molar refractivity (Wildman–Crippen MR) is 212 cm³/mol. The number of aromatic nitrogens is 1. The van der Waals surface area contributed by atoms with E-state index in [-0.39, 0.29) is 64.1 Å². The van der Waals surface area contributed by atoms with E-state index in [4.69, 9.17) is 4.74 Å². The number of aromatic hydroxyl groups is 1. The lowest BCUT2D eigenvalue weighted by Crippen LogP contribution is -2.50. The molecule has 13 nitrogen and oxygen atoms in total. The topological polar surface area (TPSA) is 193 Å². The second-order valence-corrected chi connectivity index (χ2v) is 15.0. The van der Waals surface area contributed by atoms with E-state index in [0.29, 0.717) is 49.2 Å². The molecular weight excluding hydrogens is 729 g/mol. The van der Waals surface area contributed by atoms with Crippen molar-refractivity contribution in [1.82, 2.24) is 20.1 Å². The number of hydrogen-bond acceptors (Lipinski definition) is 9. The first kappa shape index (κ1) is 39.2. The number of aliphatic carboxylic acids is 1. The number of amides is 2. The van der Waals surface area contributed by atoms with Gasteiger partial charge >= 0.3 is 5.97 Å². The van der Waals surface area contributed by atoms with Gasteiger partial charge in [0.15, 0.2) is 6.61 Å². The van der Waals surface area contributed by atoms with E-state index in [0.717, 1.165) is 31.2 Å². The summed E-state index contributed by atoms with van der Waals surface area (Å²) < 4.78 is 5.79. The van der Waals surface area contributed by atoms with E-state index >= 15 is 0 Å². The number of hydrogen-bond donors (Lipinski definition) is 6. The maximum Gasteiger partial charge on any atom is 0.345 e. The van der Waals surface area contributed by atoms with Crippen LogP contribution in [0.5, 0.6) is 11.5 Å². The lowest BCUT2D eigenvalue weighted by atomic mass is 9.71. The van der Waals surface area contributed by atoms with Crippen LogP contribution in [0.1, 0.15) is 64.4 Å². The predicted octanol–water partition coefficient (Wildman–Crippen LogP) is 4.30. The fourth-order valence-corrected chi connectivity index (χ4v) is 8.02. The van der Waals surface area contributed by atoms with Gasteiger partial charge in [0.25, 0.3) is 11.8 Å². The Labute approximate surface area is 329 Å². The molecule has 6 N–H and O–H groups in total. The number of carbonyl (C=O) groups is 3. The minimum atomic E-state index is -2.28. The molecule has 1 aromatic heterocycles. The number of phenols is 1. The summed E-state index contributed by atoms with van der Waals surface area (Å²) in [5, 5.41) is 45.9. The summed E-state index contributed by atoms with van der Waals surface area (Å²) in [5.74, 6) is -1.39. The zero-order valence-corrected chi connectivity index (χ0v) is 31.4. The number of nitrogens with one attached hydrogen (secondary N) is 2. The number of benzene rings is 4. The van der Waals surface area contributed by atoms with Gasteiger partial charge in [-0.2, -0.15) is 0 Å². The molecule has 57 heavy (non-hydrogen) atoms. The van der Waals surface area contributed by atoms with Crippen LogP contribution in [-0.2, 0) is 21.7 Å². The highest BCUT2D eigenvalue weighted by Gasteiger charge is 2.41. The highest BCUT2D eigenvalue weighted by molar-refractivity contribution is 5.94. The summed E-state index contributed by atoms with van der Waals surface area (Å²) in [7, 11) is 0. The van der Waals surface area contributed by atoms with Gasteiger partial charge in [-0.1, -0.05) is 60.7 Å². The summed E-state index contributed by atoms with van der Waals surface area (Å²) in [4.78, 5) is 56.8. The third kappa shape index (κ3) is 8.41. The minimum Gasteiger partial charge on any atom is -0.506 e. The van der Waals surface area contributed by atoms with E-state index < -0.39 is 17.7 Å². The standard InChI is InChI=1S/C44H46N4O9/c49-36-15-13-34(35-14-16-38(51)46-40(35)36)37(50)27-45-26-29-9-11-30(12-10-29)41(53)48-23-19-43(20-24-48)17-21-47(22-18-43)39(52)28-57-33-8-4-7-32(25-33)44(56,42(54)55)31-5-2-1-3-6-31/h1-16,25,37,45,49-50,56H,17-24,26-28H2,(H,46,51)(H,54,55)/t37-,44-/m0/s1. The van der Waals surface area contributed by atoms with Crippen molar-refractivity contribution in [2.24, 2.45) is 5.41 Å². The smallest absolute Gasteiger partial charge is 0.345 e. The fraction of sp³-hybridized carbons (Fsp3) is 0.318. The Balaban J connectivity index is 0.852. The number of pyridine rings is 1. The summed E-state index contributed by atoms with van der Waals surface area (Å²) in [6.07, 6.45) is 2.50. The second-order valence-electron chi connectivity index (χ2n) is 15.0. The number of H-pyrrole nitrogens is 1. The molecule has 2 aliphatic rings. The third-order valence-corrected chi connectivity index (χ3v) is 11.5. The van der Waals surface area contributed by atoms with Crippen LogP contribution in [-0.4, -0.2) is 92.3 Å². The zero-order chi connectivity index (χ0) is 40.2. The fourth-order valence-electron chi connectivity index (χ4n) is 8.02.